The van der Waals surface area contributed by atoms with E-state index in [1.807, 2.05) is 31.2 Å². The standard InChI is InChI=1S/C15H19NO3S/c1-3-19-14(18)8-9-16-13(17)10-20-15(16)12-7-5-4-6-11(12)2/h4-7,15H,3,8-10H2,1-2H3. The molecule has 1 aromatic rings. The number of carbonyl (C=O) groups excluding carboxylic acids is 2. The van der Waals surface area contributed by atoms with Crippen LogP contribution in [0.3, 0.4) is 0 Å². The number of thioether (sulfide) groups is 1. The number of rotatable bonds is 5. The van der Waals surface area contributed by atoms with Crippen LogP contribution in [0.5, 0.6) is 0 Å². The number of benzene rings is 1. The van der Waals surface area contributed by atoms with Crippen LogP contribution in [0.25, 0.3) is 0 Å². The molecule has 0 aliphatic carbocycles. The number of hydrogen-bond donors (Lipinski definition) is 0. The van der Waals surface area contributed by atoms with E-state index >= 15 is 0 Å². The molecule has 1 aliphatic heterocycles. The largest absolute Gasteiger partial charge is 0.466 e. The van der Waals surface area contributed by atoms with E-state index in [2.05, 4.69) is 0 Å². The highest BCUT2D eigenvalue weighted by molar-refractivity contribution is 8.00. The van der Waals surface area contributed by atoms with E-state index in [0.717, 1.165) is 5.56 Å². The van der Waals surface area contributed by atoms with Gasteiger partial charge in [-0.05, 0) is 25.0 Å². The maximum absolute atomic E-state index is 12.0. The first-order chi connectivity index (χ1) is 9.63. The van der Waals surface area contributed by atoms with Gasteiger partial charge in [0.2, 0.25) is 5.91 Å². The van der Waals surface area contributed by atoms with Gasteiger partial charge in [-0.1, -0.05) is 24.3 Å². The fraction of sp³-hybridized carbons (Fsp3) is 0.467. The van der Waals surface area contributed by atoms with Crippen LogP contribution in [0.2, 0.25) is 0 Å². The average molecular weight is 293 g/mol. The molecule has 1 saturated heterocycles. The lowest BCUT2D eigenvalue weighted by Gasteiger charge is -2.25. The van der Waals surface area contributed by atoms with Gasteiger partial charge in [-0.2, -0.15) is 0 Å². The number of esters is 1. The highest BCUT2D eigenvalue weighted by Gasteiger charge is 2.33. The van der Waals surface area contributed by atoms with E-state index in [9.17, 15) is 9.59 Å². The maximum atomic E-state index is 12.0. The summed E-state index contributed by atoms with van der Waals surface area (Å²) in [5, 5.41) is 0.0122. The van der Waals surface area contributed by atoms with E-state index in [0.29, 0.717) is 18.9 Å². The third kappa shape index (κ3) is 3.33. The summed E-state index contributed by atoms with van der Waals surface area (Å²) in [4.78, 5) is 25.2. The lowest BCUT2D eigenvalue weighted by molar-refractivity contribution is -0.143. The Labute approximate surface area is 123 Å². The summed E-state index contributed by atoms with van der Waals surface area (Å²) in [5.74, 6) is 0.315. The molecule has 1 atom stereocenters. The molecule has 0 spiro atoms. The first-order valence-electron chi connectivity index (χ1n) is 6.75. The molecule has 0 radical (unpaired) electrons. The van der Waals surface area contributed by atoms with Crippen molar-refractivity contribution in [2.75, 3.05) is 18.9 Å². The van der Waals surface area contributed by atoms with Crippen LogP contribution in [-0.2, 0) is 14.3 Å². The Morgan fingerprint density at radius 2 is 2.20 bits per heavy atom. The Bertz CT molecular complexity index is 504. The van der Waals surface area contributed by atoms with Gasteiger partial charge in [-0.15, -0.1) is 11.8 Å². The molecule has 1 aromatic carbocycles. The van der Waals surface area contributed by atoms with Gasteiger partial charge in [0, 0.05) is 6.54 Å². The Kier molecular flexibility index (Phi) is 5.06. The summed E-state index contributed by atoms with van der Waals surface area (Å²) < 4.78 is 4.92. The number of aryl methyl sites for hydroxylation is 1. The number of ether oxygens (including phenoxy) is 1. The van der Waals surface area contributed by atoms with E-state index in [1.165, 1.54) is 5.56 Å². The summed E-state index contributed by atoms with van der Waals surface area (Å²) in [6.07, 6.45) is 0.253. The first-order valence-corrected chi connectivity index (χ1v) is 7.80. The van der Waals surface area contributed by atoms with Gasteiger partial charge < -0.3 is 9.64 Å². The van der Waals surface area contributed by atoms with E-state index in [1.54, 1.807) is 23.6 Å². The smallest absolute Gasteiger partial charge is 0.307 e. The molecule has 5 heteroatoms. The third-order valence-corrected chi connectivity index (χ3v) is 4.52. The van der Waals surface area contributed by atoms with Crippen molar-refractivity contribution in [3.63, 3.8) is 0 Å². The van der Waals surface area contributed by atoms with Crippen molar-refractivity contribution in [1.29, 1.82) is 0 Å². The van der Waals surface area contributed by atoms with Crippen molar-refractivity contribution in [1.82, 2.24) is 4.90 Å². The second-order valence-corrected chi connectivity index (χ2v) is 5.73. The number of nitrogens with zero attached hydrogens (tertiary/aromatic N) is 1. The van der Waals surface area contributed by atoms with Gasteiger partial charge in [0.25, 0.3) is 0 Å². The fourth-order valence-corrected chi connectivity index (χ4v) is 3.58. The normalized spacial score (nSPS) is 18.4. The van der Waals surface area contributed by atoms with Gasteiger partial charge in [-0.3, -0.25) is 9.59 Å². The second kappa shape index (κ2) is 6.79. The van der Waals surface area contributed by atoms with Gasteiger partial charge in [0.15, 0.2) is 0 Å². The highest BCUT2D eigenvalue weighted by atomic mass is 32.2. The molecular formula is C15H19NO3S. The third-order valence-electron chi connectivity index (χ3n) is 3.28. The predicted octanol–water partition coefficient (Wildman–Crippen LogP) is 2.52. The minimum Gasteiger partial charge on any atom is -0.466 e. The fourth-order valence-electron chi connectivity index (χ4n) is 2.26. The molecule has 108 valence electrons. The molecule has 1 unspecified atom stereocenters. The summed E-state index contributed by atoms with van der Waals surface area (Å²) in [6.45, 7) is 4.62. The summed E-state index contributed by atoms with van der Waals surface area (Å²) in [5.41, 5.74) is 2.31. The van der Waals surface area contributed by atoms with Crippen molar-refractivity contribution < 1.29 is 14.3 Å². The molecule has 1 heterocycles. The summed E-state index contributed by atoms with van der Waals surface area (Å²) in [6, 6.07) is 8.06. The molecule has 0 saturated carbocycles. The second-order valence-electron chi connectivity index (χ2n) is 4.66. The van der Waals surface area contributed by atoms with E-state index in [-0.39, 0.29) is 23.7 Å². The molecule has 2 rings (SSSR count). The molecule has 4 nitrogen and oxygen atoms in total. The number of carbonyl (C=O) groups is 2. The molecular weight excluding hydrogens is 274 g/mol. The van der Waals surface area contributed by atoms with E-state index in [4.69, 9.17) is 4.74 Å². The zero-order valence-corrected chi connectivity index (χ0v) is 12.6. The zero-order valence-electron chi connectivity index (χ0n) is 11.8. The van der Waals surface area contributed by atoms with Gasteiger partial charge in [-0.25, -0.2) is 0 Å². The Morgan fingerprint density at radius 1 is 1.45 bits per heavy atom. The lowest BCUT2D eigenvalue weighted by atomic mass is 10.1. The van der Waals surface area contributed by atoms with Crippen molar-refractivity contribution in [3.05, 3.63) is 35.4 Å². The monoisotopic (exact) mass is 293 g/mol. The quantitative estimate of drug-likeness (QED) is 0.783. The van der Waals surface area contributed by atoms with Crippen LogP contribution >= 0.6 is 11.8 Å². The Morgan fingerprint density at radius 3 is 2.90 bits per heavy atom. The maximum Gasteiger partial charge on any atom is 0.307 e. The minimum absolute atomic E-state index is 0.0122. The molecule has 1 fully saturated rings. The van der Waals surface area contributed by atoms with E-state index < -0.39 is 0 Å². The number of hydrogen-bond acceptors (Lipinski definition) is 4. The van der Waals surface area contributed by atoms with Crippen LogP contribution in [0.15, 0.2) is 24.3 Å². The first kappa shape index (κ1) is 14.9. The van der Waals surface area contributed by atoms with Crippen LogP contribution in [0, 0.1) is 6.92 Å². The topological polar surface area (TPSA) is 46.6 Å². The molecule has 20 heavy (non-hydrogen) atoms. The van der Waals surface area contributed by atoms with Gasteiger partial charge in [0.05, 0.1) is 18.8 Å². The van der Waals surface area contributed by atoms with Crippen molar-refractivity contribution in [2.24, 2.45) is 0 Å². The highest BCUT2D eigenvalue weighted by Crippen LogP contribution is 2.39. The average Bonchev–Trinajstić information content (AvgIpc) is 2.78. The van der Waals surface area contributed by atoms with Gasteiger partial charge >= 0.3 is 5.97 Å². The summed E-state index contributed by atoms with van der Waals surface area (Å²) >= 11 is 1.62. The molecule has 0 N–H and O–H groups in total. The molecule has 1 amide bonds. The van der Waals surface area contributed by atoms with Crippen LogP contribution in [0.1, 0.15) is 29.8 Å². The molecule has 0 aromatic heterocycles. The van der Waals surface area contributed by atoms with Crippen LogP contribution < -0.4 is 0 Å². The van der Waals surface area contributed by atoms with Crippen molar-refractivity contribution >= 4 is 23.6 Å². The van der Waals surface area contributed by atoms with Crippen molar-refractivity contribution in [2.45, 2.75) is 25.6 Å². The van der Waals surface area contributed by atoms with Crippen LogP contribution in [0.4, 0.5) is 0 Å². The number of amides is 1. The van der Waals surface area contributed by atoms with Gasteiger partial charge in [0.1, 0.15) is 5.37 Å². The Hall–Kier alpha value is -1.49. The molecule has 1 aliphatic rings. The lowest BCUT2D eigenvalue weighted by Crippen LogP contribution is -2.31. The SMILES string of the molecule is CCOC(=O)CCN1C(=O)CSC1c1ccccc1C. The van der Waals surface area contributed by atoms with Crippen LogP contribution in [-0.4, -0.2) is 35.7 Å². The zero-order chi connectivity index (χ0) is 14.5. The van der Waals surface area contributed by atoms with Crippen molar-refractivity contribution in [3.8, 4) is 0 Å². The Balaban J connectivity index is 2.07. The molecule has 0 bridgehead atoms. The minimum atomic E-state index is -0.249. The summed E-state index contributed by atoms with van der Waals surface area (Å²) in [7, 11) is 0. The predicted molar refractivity (Wildman–Crippen MR) is 79.3 cm³/mol.